The Kier molecular flexibility index (Phi) is 9.51. The number of amides is 2. The molecule has 5 nitrogen and oxygen atoms in total. The summed E-state index contributed by atoms with van der Waals surface area (Å²) in [6.45, 7) is 3.59. The van der Waals surface area contributed by atoms with Crippen molar-refractivity contribution in [2.24, 2.45) is 5.73 Å². The quantitative estimate of drug-likeness (QED) is 0.678. The van der Waals surface area contributed by atoms with Crippen molar-refractivity contribution in [3.05, 3.63) is 29.3 Å². The Bertz CT molecular complexity index is 592. The predicted octanol–water partition coefficient (Wildman–Crippen LogP) is 3.22. The summed E-state index contributed by atoms with van der Waals surface area (Å²) >= 11 is 0. The predicted molar refractivity (Wildman–Crippen MR) is 92.3 cm³/mol. The van der Waals surface area contributed by atoms with Crippen molar-refractivity contribution in [1.29, 1.82) is 0 Å². The van der Waals surface area contributed by atoms with Gasteiger partial charge in [0.05, 0.1) is 5.56 Å². The molecule has 142 valence electrons. The van der Waals surface area contributed by atoms with Crippen LogP contribution in [0.15, 0.2) is 18.2 Å². The summed E-state index contributed by atoms with van der Waals surface area (Å²) in [6.07, 6.45) is -3.98. The molecule has 0 aliphatic carbocycles. The molecule has 0 spiro atoms. The van der Waals surface area contributed by atoms with Crippen LogP contribution in [-0.2, 0) is 22.3 Å². The number of carbonyl (C=O) groups excluding carboxylic acids is 2. The maximum atomic E-state index is 12.8. The topological polar surface area (TPSA) is 84.2 Å². The molecule has 25 heavy (non-hydrogen) atoms. The Morgan fingerprint density at radius 2 is 1.72 bits per heavy atom. The van der Waals surface area contributed by atoms with Crippen LogP contribution < -0.4 is 16.4 Å². The molecule has 1 rings (SSSR count). The fourth-order valence-electron chi connectivity index (χ4n) is 2.07. The van der Waals surface area contributed by atoms with Gasteiger partial charge in [-0.05, 0) is 44.0 Å². The summed E-state index contributed by atoms with van der Waals surface area (Å²) < 4.78 is 38.5. The van der Waals surface area contributed by atoms with Crippen molar-refractivity contribution < 1.29 is 22.8 Å². The second-order valence-electron chi connectivity index (χ2n) is 5.74. The fraction of sp³-hybridized carbons (Fsp3) is 0.500. The van der Waals surface area contributed by atoms with E-state index in [1.807, 2.05) is 13.8 Å². The van der Waals surface area contributed by atoms with Gasteiger partial charge in [0.15, 0.2) is 0 Å². The number of nitrogens with one attached hydrogen (secondary N) is 2. The van der Waals surface area contributed by atoms with Crippen LogP contribution in [0.25, 0.3) is 0 Å². The molecule has 0 aromatic heterocycles. The molecular formula is C16H23ClF3N3O2. The highest BCUT2D eigenvalue weighted by Gasteiger charge is 2.31. The lowest BCUT2D eigenvalue weighted by molar-refractivity contribution is -0.137. The van der Waals surface area contributed by atoms with Crippen LogP contribution >= 0.6 is 12.4 Å². The molecular weight excluding hydrogens is 359 g/mol. The van der Waals surface area contributed by atoms with Gasteiger partial charge in [0.1, 0.15) is 0 Å². The van der Waals surface area contributed by atoms with E-state index in [0.717, 1.165) is 12.1 Å². The minimum absolute atomic E-state index is 0. The first-order valence-corrected chi connectivity index (χ1v) is 7.62. The summed E-state index contributed by atoms with van der Waals surface area (Å²) in [6, 6.07) is 3.23. The van der Waals surface area contributed by atoms with Crippen molar-refractivity contribution in [1.82, 2.24) is 5.32 Å². The Hall–Kier alpha value is -1.80. The molecule has 1 aromatic carbocycles. The zero-order valence-corrected chi connectivity index (χ0v) is 14.9. The third-order valence-corrected chi connectivity index (χ3v) is 3.10. The van der Waals surface area contributed by atoms with E-state index in [0.29, 0.717) is 6.42 Å². The molecule has 9 heteroatoms. The van der Waals surface area contributed by atoms with Gasteiger partial charge in [0.2, 0.25) is 11.8 Å². The maximum absolute atomic E-state index is 12.8. The second kappa shape index (κ2) is 10.2. The average Bonchev–Trinajstić information content (AvgIpc) is 2.45. The summed E-state index contributed by atoms with van der Waals surface area (Å²) in [5, 5.41) is 5.11. The van der Waals surface area contributed by atoms with Gasteiger partial charge in [-0.25, -0.2) is 0 Å². The lowest BCUT2D eigenvalue weighted by atomic mass is 10.1. The van der Waals surface area contributed by atoms with Gasteiger partial charge in [0.25, 0.3) is 0 Å². The Morgan fingerprint density at radius 3 is 2.24 bits per heavy atom. The molecule has 0 bridgehead atoms. The molecule has 1 aromatic rings. The normalized spacial score (nSPS) is 11.0. The first-order valence-electron chi connectivity index (χ1n) is 7.62. The van der Waals surface area contributed by atoms with Gasteiger partial charge in [-0.1, -0.05) is 0 Å². The summed E-state index contributed by atoms with van der Waals surface area (Å²) in [5.41, 5.74) is 4.84. The van der Waals surface area contributed by atoms with Crippen LogP contribution in [0.5, 0.6) is 0 Å². The van der Waals surface area contributed by atoms with Gasteiger partial charge in [-0.3, -0.25) is 9.59 Å². The zero-order chi connectivity index (χ0) is 18.3. The Labute approximate surface area is 150 Å². The zero-order valence-electron chi connectivity index (χ0n) is 14.1. The summed E-state index contributed by atoms with van der Waals surface area (Å²) in [5.74, 6) is -0.614. The molecule has 2 amide bonds. The van der Waals surface area contributed by atoms with Gasteiger partial charge < -0.3 is 16.4 Å². The molecule has 0 saturated carbocycles. The number of rotatable bonds is 7. The molecule has 0 fully saturated rings. The van der Waals surface area contributed by atoms with E-state index in [4.69, 9.17) is 5.73 Å². The third kappa shape index (κ3) is 8.74. The second-order valence-corrected chi connectivity index (χ2v) is 5.74. The minimum atomic E-state index is -4.51. The molecule has 0 heterocycles. The number of benzene rings is 1. The lowest BCUT2D eigenvalue weighted by Gasteiger charge is -2.12. The molecule has 0 aliphatic heterocycles. The molecule has 0 radical (unpaired) electrons. The average molecular weight is 382 g/mol. The van der Waals surface area contributed by atoms with Gasteiger partial charge >= 0.3 is 6.18 Å². The van der Waals surface area contributed by atoms with E-state index in [2.05, 4.69) is 10.6 Å². The SMILES string of the molecule is CC(C)NC(=O)CCCC(=O)Nc1cc(CN)cc(C(F)(F)F)c1.Cl. The van der Waals surface area contributed by atoms with Crippen LogP contribution in [0.4, 0.5) is 18.9 Å². The van der Waals surface area contributed by atoms with Crippen molar-refractivity contribution in [3.8, 4) is 0 Å². The van der Waals surface area contributed by atoms with Crippen molar-refractivity contribution in [2.75, 3.05) is 5.32 Å². The van der Waals surface area contributed by atoms with Crippen LogP contribution in [-0.4, -0.2) is 17.9 Å². The van der Waals surface area contributed by atoms with Gasteiger partial charge in [-0.2, -0.15) is 13.2 Å². The van der Waals surface area contributed by atoms with Crippen molar-refractivity contribution >= 4 is 29.9 Å². The van der Waals surface area contributed by atoms with Crippen LogP contribution in [0.1, 0.15) is 44.2 Å². The number of hydrogen-bond acceptors (Lipinski definition) is 3. The third-order valence-electron chi connectivity index (χ3n) is 3.10. The number of halogens is 4. The standard InChI is InChI=1S/C16H22F3N3O2.ClH/c1-10(2)21-14(23)4-3-5-15(24)22-13-7-11(9-20)6-12(8-13)16(17,18)19;/h6-8,10H,3-5,9,20H2,1-2H3,(H,21,23)(H,22,24);1H. The van der Waals surface area contributed by atoms with E-state index in [1.165, 1.54) is 6.07 Å². The highest BCUT2D eigenvalue weighted by molar-refractivity contribution is 5.91. The molecule has 4 N–H and O–H groups in total. The highest BCUT2D eigenvalue weighted by Crippen LogP contribution is 2.32. The van der Waals surface area contributed by atoms with Gasteiger partial charge in [-0.15, -0.1) is 12.4 Å². The Morgan fingerprint density at radius 1 is 1.12 bits per heavy atom. The number of nitrogens with two attached hydrogens (primary N) is 1. The van der Waals surface area contributed by atoms with E-state index in [9.17, 15) is 22.8 Å². The highest BCUT2D eigenvalue weighted by atomic mass is 35.5. The fourth-order valence-corrected chi connectivity index (χ4v) is 2.07. The number of anilines is 1. The summed E-state index contributed by atoms with van der Waals surface area (Å²) in [7, 11) is 0. The molecule has 0 aliphatic rings. The Balaban J connectivity index is 0.00000576. The number of carbonyl (C=O) groups is 2. The van der Waals surface area contributed by atoms with Crippen LogP contribution in [0.2, 0.25) is 0 Å². The number of alkyl halides is 3. The van der Waals surface area contributed by atoms with Crippen LogP contribution in [0, 0.1) is 0 Å². The monoisotopic (exact) mass is 381 g/mol. The lowest BCUT2D eigenvalue weighted by Crippen LogP contribution is -2.30. The van der Waals surface area contributed by atoms with Gasteiger partial charge in [0, 0.05) is 31.1 Å². The smallest absolute Gasteiger partial charge is 0.354 e. The summed E-state index contributed by atoms with van der Waals surface area (Å²) in [4.78, 5) is 23.3. The van der Waals surface area contributed by atoms with E-state index in [-0.39, 0.29) is 55.0 Å². The van der Waals surface area contributed by atoms with E-state index < -0.39 is 17.6 Å². The van der Waals surface area contributed by atoms with E-state index in [1.54, 1.807) is 0 Å². The molecule has 0 atom stereocenters. The van der Waals surface area contributed by atoms with Crippen molar-refractivity contribution in [2.45, 2.75) is 51.9 Å². The number of hydrogen-bond donors (Lipinski definition) is 3. The first kappa shape index (κ1) is 23.2. The maximum Gasteiger partial charge on any atom is 0.416 e. The van der Waals surface area contributed by atoms with Crippen LogP contribution in [0.3, 0.4) is 0 Å². The minimum Gasteiger partial charge on any atom is -0.354 e. The van der Waals surface area contributed by atoms with E-state index >= 15 is 0 Å². The molecule has 0 unspecified atom stereocenters. The van der Waals surface area contributed by atoms with Crippen molar-refractivity contribution in [3.63, 3.8) is 0 Å². The largest absolute Gasteiger partial charge is 0.416 e. The molecule has 0 saturated heterocycles. The first-order chi connectivity index (χ1) is 11.1.